The van der Waals surface area contributed by atoms with Gasteiger partial charge in [-0.1, -0.05) is 27.2 Å². The molecule has 1 N–H and O–H groups in total. The molecule has 0 fully saturated rings. The summed E-state index contributed by atoms with van der Waals surface area (Å²) < 4.78 is 61.0. The number of carboxylic acid groups (broad SMARTS) is 1. The molecule has 0 aromatic heterocycles. The monoisotopic (exact) mass is 336 g/mol. The minimum atomic E-state index is -5.50. The van der Waals surface area contributed by atoms with Gasteiger partial charge in [-0.3, -0.25) is 4.79 Å². The van der Waals surface area contributed by atoms with Crippen LogP contribution in [0.5, 0.6) is 0 Å². The maximum absolute atomic E-state index is 12.6. The van der Waals surface area contributed by atoms with Gasteiger partial charge in [0.1, 0.15) is 5.25 Å². The summed E-state index contributed by atoms with van der Waals surface area (Å²) in [7, 11) is 0. The molecule has 0 amide bonds. The second-order valence-electron chi connectivity index (χ2n) is 5.97. The molecule has 21 heavy (non-hydrogen) atoms. The Balaban J connectivity index is 4.00. The van der Waals surface area contributed by atoms with Crippen LogP contribution < -0.4 is 0 Å². The predicted octanol–water partition coefficient (Wildman–Crippen LogP) is 4.98. The standard InChI is InChI=1S/C13H21F5O2S/c1-11(2,3)9(10(19)20)21-8-6-4-5-7-12(14,15)13(16,17)18/h9H,4-8H2,1-3H3,(H,19,20). The largest absolute Gasteiger partial charge is 0.480 e. The summed E-state index contributed by atoms with van der Waals surface area (Å²) in [5, 5.41) is 8.43. The van der Waals surface area contributed by atoms with E-state index in [0.29, 0.717) is 12.2 Å². The molecule has 0 aromatic carbocycles. The zero-order valence-electron chi connectivity index (χ0n) is 12.3. The van der Waals surface area contributed by atoms with E-state index in [2.05, 4.69) is 0 Å². The van der Waals surface area contributed by atoms with Crippen LogP contribution >= 0.6 is 11.8 Å². The molecule has 8 heteroatoms. The molecule has 0 heterocycles. The molecule has 0 aliphatic heterocycles. The van der Waals surface area contributed by atoms with Crippen molar-refractivity contribution in [2.24, 2.45) is 5.41 Å². The van der Waals surface area contributed by atoms with Crippen molar-refractivity contribution >= 4 is 17.7 Å². The lowest BCUT2D eigenvalue weighted by atomic mass is 9.92. The van der Waals surface area contributed by atoms with E-state index in [0.717, 1.165) is 0 Å². The smallest absolute Gasteiger partial charge is 0.453 e. The number of carbonyl (C=O) groups is 1. The average Bonchev–Trinajstić information content (AvgIpc) is 2.23. The Bertz CT molecular complexity index is 336. The number of halogens is 5. The van der Waals surface area contributed by atoms with Gasteiger partial charge in [-0.15, -0.1) is 11.8 Å². The molecule has 0 aliphatic rings. The van der Waals surface area contributed by atoms with Crippen LogP contribution in [-0.4, -0.2) is 34.2 Å². The number of carboxylic acids is 1. The Morgan fingerprint density at radius 1 is 1.05 bits per heavy atom. The van der Waals surface area contributed by atoms with Crippen molar-refractivity contribution in [2.45, 2.75) is 63.8 Å². The summed E-state index contributed by atoms with van der Waals surface area (Å²) in [5.41, 5.74) is -0.445. The summed E-state index contributed by atoms with van der Waals surface area (Å²) in [6.45, 7) is 5.34. The fourth-order valence-corrected chi connectivity index (χ4v) is 2.91. The molecule has 0 saturated heterocycles. The maximum atomic E-state index is 12.6. The van der Waals surface area contributed by atoms with Gasteiger partial charge >= 0.3 is 18.1 Å². The third kappa shape index (κ3) is 7.33. The van der Waals surface area contributed by atoms with E-state index in [1.807, 2.05) is 0 Å². The van der Waals surface area contributed by atoms with Crippen molar-refractivity contribution in [3.05, 3.63) is 0 Å². The highest BCUT2D eigenvalue weighted by Gasteiger charge is 2.56. The molecular weight excluding hydrogens is 315 g/mol. The van der Waals surface area contributed by atoms with Crippen molar-refractivity contribution < 1.29 is 31.9 Å². The SMILES string of the molecule is CC(C)(C)C(SCCCCCC(F)(F)C(F)(F)F)C(=O)O. The Morgan fingerprint density at radius 3 is 1.95 bits per heavy atom. The van der Waals surface area contributed by atoms with Crippen LogP contribution in [0.25, 0.3) is 0 Å². The fourth-order valence-electron chi connectivity index (χ4n) is 1.66. The van der Waals surface area contributed by atoms with Crippen LogP contribution in [0.3, 0.4) is 0 Å². The number of aliphatic carboxylic acids is 1. The van der Waals surface area contributed by atoms with Gasteiger partial charge in [0.05, 0.1) is 0 Å². The quantitative estimate of drug-likeness (QED) is 0.502. The first kappa shape index (κ1) is 20.5. The highest BCUT2D eigenvalue weighted by molar-refractivity contribution is 8.00. The highest BCUT2D eigenvalue weighted by atomic mass is 32.2. The molecule has 0 aliphatic carbocycles. The van der Waals surface area contributed by atoms with Crippen LogP contribution in [-0.2, 0) is 4.79 Å². The van der Waals surface area contributed by atoms with Gasteiger partial charge in [0.15, 0.2) is 0 Å². The number of rotatable bonds is 8. The lowest BCUT2D eigenvalue weighted by Gasteiger charge is -2.26. The van der Waals surface area contributed by atoms with Gasteiger partial charge in [0.2, 0.25) is 0 Å². The molecule has 1 atom stereocenters. The fraction of sp³-hybridized carbons (Fsp3) is 0.923. The van der Waals surface area contributed by atoms with Crippen LogP contribution in [0, 0.1) is 5.41 Å². The molecule has 0 radical (unpaired) electrons. The second-order valence-corrected chi connectivity index (χ2v) is 7.18. The zero-order valence-corrected chi connectivity index (χ0v) is 13.1. The van der Waals surface area contributed by atoms with Gasteiger partial charge in [0, 0.05) is 6.42 Å². The molecule has 0 saturated carbocycles. The van der Waals surface area contributed by atoms with Gasteiger partial charge in [0.25, 0.3) is 0 Å². The molecule has 1 unspecified atom stereocenters. The van der Waals surface area contributed by atoms with E-state index in [9.17, 15) is 26.7 Å². The third-order valence-electron chi connectivity index (χ3n) is 2.85. The number of alkyl halides is 5. The van der Waals surface area contributed by atoms with E-state index in [4.69, 9.17) is 5.11 Å². The molecule has 0 aromatic rings. The molecule has 126 valence electrons. The summed E-state index contributed by atoms with van der Waals surface area (Å²) in [5.74, 6) is -5.17. The zero-order chi connectivity index (χ0) is 16.9. The second kappa shape index (κ2) is 7.65. The summed E-state index contributed by atoms with van der Waals surface area (Å²) in [6, 6.07) is 0. The van der Waals surface area contributed by atoms with Crippen molar-refractivity contribution in [2.75, 3.05) is 5.75 Å². The van der Waals surface area contributed by atoms with Crippen LogP contribution in [0.4, 0.5) is 22.0 Å². The van der Waals surface area contributed by atoms with Crippen LogP contribution in [0.15, 0.2) is 0 Å². The predicted molar refractivity (Wildman–Crippen MR) is 72.8 cm³/mol. The average molecular weight is 336 g/mol. The molecular formula is C13H21F5O2S. The minimum absolute atomic E-state index is 0.217. The van der Waals surface area contributed by atoms with Gasteiger partial charge in [-0.25, -0.2) is 0 Å². The molecule has 0 bridgehead atoms. The van der Waals surface area contributed by atoms with Crippen molar-refractivity contribution in [3.63, 3.8) is 0 Å². The topological polar surface area (TPSA) is 37.3 Å². The number of hydrogen-bond donors (Lipinski definition) is 1. The normalized spacial score (nSPS) is 15.0. The molecule has 0 rings (SSSR count). The first-order valence-electron chi connectivity index (χ1n) is 6.58. The first-order chi connectivity index (χ1) is 9.29. The van der Waals surface area contributed by atoms with Crippen molar-refractivity contribution in [1.29, 1.82) is 0 Å². The van der Waals surface area contributed by atoms with Gasteiger partial charge in [-0.2, -0.15) is 22.0 Å². The summed E-state index contributed by atoms with van der Waals surface area (Å²) in [6.07, 6.45) is -6.32. The van der Waals surface area contributed by atoms with Gasteiger partial charge in [-0.05, 0) is 24.0 Å². The van der Waals surface area contributed by atoms with Gasteiger partial charge < -0.3 is 5.11 Å². The van der Waals surface area contributed by atoms with Crippen molar-refractivity contribution in [1.82, 2.24) is 0 Å². The summed E-state index contributed by atoms with van der Waals surface area (Å²) in [4.78, 5) is 11.1. The van der Waals surface area contributed by atoms with E-state index < -0.39 is 35.2 Å². The molecule has 0 spiro atoms. The number of hydrogen-bond acceptors (Lipinski definition) is 2. The van der Waals surface area contributed by atoms with E-state index in [-0.39, 0.29) is 12.8 Å². The maximum Gasteiger partial charge on any atom is 0.453 e. The van der Waals surface area contributed by atoms with E-state index >= 15 is 0 Å². The number of unbranched alkanes of at least 4 members (excludes halogenated alkanes) is 2. The lowest BCUT2D eigenvalue weighted by molar-refractivity contribution is -0.284. The van der Waals surface area contributed by atoms with Crippen molar-refractivity contribution in [3.8, 4) is 0 Å². The lowest BCUT2D eigenvalue weighted by Crippen LogP contribution is -2.36. The molecule has 2 nitrogen and oxygen atoms in total. The van der Waals surface area contributed by atoms with Crippen LogP contribution in [0.2, 0.25) is 0 Å². The van der Waals surface area contributed by atoms with Crippen LogP contribution in [0.1, 0.15) is 46.5 Å². The first-order valence-corrected chi connectivity index (χ1v) is 7.63. The summed E-state index contributed by atoms with van der Waals surface area (Å²) >= 11 is 1.19. The Morgan fingerprint density at radius 2 is 1.57 bits per heavy atom. The third-order valence-corrected chi connectivity index (χ3v) is 4.61. The van der Waals surface area contributed by atoms with E-state index in [1.54, 1.807) is 20.8 Å². The highest BCUT2D eigenvalue weighted by Crippen LogP contribution is 2.39. The minimum Gasteiger partial charge on any atom is -0.480 e. The Labute approximate surface area is 125 Å². The van der Waals surface area contributed by atoms with E-state index in [1.165, 1.54) is 11.8 Å². The number of thioether (sulfide) groups is 1. The Hall–Kier alpha value is -0.530. The Kier molecular flexibility index (Phi) is 7.45.